The van der Waals surface area contributed by atoms with E-state index < -0.39 is 23.5 Å². The Balaban J connectivity index is 1.82. The van der Waals surface area contributed by atoms with Gasteiger partial charge in [-0.2, -0.15) is 0 Å². The van der Waals surface area contributed by atoms with E-state index in [1.165, 1.54) is 23.3 Å². The first-order valence-electron chi connectivity index (χ1n) is 9.83. The lowest BCUT2D eigenvalue weighted by atomic mass is 9.94. The Morgan fingerprint density at radius 3 is 2.55 bits per heavy atom. The molecule has 2 N–H and O–H groups in total. The molecule has 2 heterocycles. The van der Waals surface area contributed by atoms with Gasteiger partial charge in [0.15, 0.2) is 23.0 Å². The Labute approximate surface area is 178 Å². The van der Waals surface area contributed by atoms with E-state index in [9.17, 15) is 19.8 Å². The van der Waals surface area contributed by atoms with E-state index in [1.54, 1.807) is 25.1 Å². The summed E-state index contributed by atoms with van der Waals surface area (Å²) >= 11 is 0. The Morgan fingerprint density at radius 2 is 1.87 bits per heavy atom. The molecule has 2 aromatic carbocycles. The molecule has 31 heavy (non-hydrogen) atoms. The Hall–Kier alpha value is -4.00. The van der Waals surface area contributed by atoms with E-state index >= 15 is 0 Å². The summed E-state index contributed by atoms with van der Waals surface area (Å²) in [7, 11) is 0. The van der Waals surface area contributed by atoms with Gasteiger partial charge in [-0.1, -0.05) is 36.4 Å². The van der Waals surface area contributed by atoms with Crippen LogP contribution in [-0.4, -0.2) is 33.4 Å². The summed E-state index contributed by atoms with van der Waals surface area (Å²) < 4.78 is 10.7. The van der Waals surface area contributed by atoms with Crippen molar-refractivity contribution in [2.45, 2.75) is 19.5 Å². The van der Waals surface area contributed by atoms with Crippen molar-refractivity contribution in [2.24, 2.45) is 0 Å². The monoisotopic (exact) mass is 419 g/mol. The minimum absolute atomic E-state index is 0.0183. The number of amides is 1. The third kappa shape index (κ3) is 3.77. The zero-order valence-electron chi connectivity index (χ0n) is 16.8. The molecule has 1 atom stereocenters. The lowest BCUT2D eigenvalue weighted by molar-refractivity contribution is -0.130. The molecular formula is C24H21NO6. The third-order valence-corrected chi connectivity index (χ3v) is 5.09. The summed E-state index contributed by atoms with van der Waals surface area (Å²) in [6, 6.07) is 16.0. The molecule has 0 bridgehead atoms. The van der Waals surface area contributed by atoms with Crippen LogP contribution in [-0.2, 0) is 11.3 Å². The van der Waals surface area contributed by atoms with Crippen LogP contribution in [0.2, 0.25) is 0 Å². The van der Waals surface area contributed by atoms with Gasteiger partial charge in [0, 0.05) is 6.54 Å². The van der Waals surface area contributed by atoms with Crippen LogP contribution < -0.4 is 4.74 Å². The van der Waals surface area contributed by atoms with Crippen molar-refractivity contribution in [2.75, 3.05) is 6.61 Å². The Morgan fingerprint density at radius 1 is 1.10 bits per heavy atom. The fourth-order valence-electron chi connectivity index (χ4n) is 3.69. The van der Waals surface area contributed by atoms with Crippen LogP contribution in [0.1, 0.15) is 34.6 Å². The summed E-state index contributed by atoms with van der Waals surface area (Å²) in [5.41, 5.74) is 1.28. The topological polar surface area (TPSA) is 100 Å². The van der Waals surface area contributed by atoms with Gasteiger partial charge in [0.1, 0.15) is 0 Å². The summed E-state index contributed by atoms with van der Waals surface area (Å²) in [5, 5.41) is 20.8. The average Bonchev–Trinajstić information content (AvgIpc) is 3.39. The number of phenolic OH excluding ortho intramolecular Hbond substituents is 1. The molecular weight excluding hydrogens is 398 g/mol. The fourth-order valence-corrected chi connectivity index (χ4v) is 3.69. The quantitative estimate of drug-likeness (QED) is 0.558. The average molecular weight is 419 g/mol. The second-order valence-corrected chi connectivity index (χ2v) is 7.05. The molecule has 0 spiro atoms. The maximum atomic E-state index is 13.2. The van der Waals surface area contributed by atoms with Gasteiger partial charge in [-0.3, -0.25) is 9.59 Å². The largest absolute Gasteiger partial charge is 0.504 e. The maximum absolute atomic E-state index is 13.2. The van der Waals surface area contributed by atoms with Crippen molar-refractivity contribution in [3.8, 4) is 11.5 Å². The molecule has 1 aromatic heterocycles. The van der Waals surface area contributed by atoms with Crippen LogP contribution in [0.3, 0.4) is 0 Å². The van der Waals surface area contributed by atoms with E-state index in [0.29, 0.717) is 12.2 Å². The molecule has 7 heteroatoms. The van der Waals surface area contributed by atoms with Gasteiger partial charge in [-0.15, -0.1) is 0 Å². The number of hydrogen-bond donors (Lipinski definition) is 2. The van der Waals surface area contributed by atoms with Crippen LogP contribution in [0.25, 0.3) is 0 Å². The van der Waals surface area contributed by atoms with Crippen LogP contribution in [0.4, 0.5) is 0 Å². The van der Waals surface area contributed by atoms with Gasteiger partial charge in [-0.05, 0) is 42.3 Å². The lowest BCUT2D eigenvalue weighted by Crippen LogP contribution is -2.30. The van der Waals surface area contributed by atoms with Crippen molar-refractivity contribution < 1.29 is 29.0 Å². The van der Waals surface area contributed by atoms with Crippen molar-refractivity contribution in [3.05, 3.63) is 95.1 Å². The van der Waals surface area contributed by atoms with Crippen LogP contribution in [0, 0.1) is 0 Å². The zero-order chi connectivity index (χ0) is 22.0. The van der Waals surface area contributed by atoms with Crippen molar-refractivity contribution in [1.29, 1.82) is 0 Å². The molecule has 7 nitrogen and oxygen atoms in total. The molecule has 1 amide bonds. The predicted octanol–water partition coefficient (Wildman–Crippen LogP) is 4.16. The highest BCUT2D eigenvalue weighted by Gasteiger charge is 2.44. The van der Waals surface area contributed by atoms with E-state index in [-0.39, 0.29) is 29.4 Å². The molecule has 1 aliphatic heterocycles. The van der Waals surface area contributed by atoms with Crippen LogP contribution >= 0.6 is 0 Å². The van der Waals surface area contributed by atoms with Gasteiger partial charge in [0.2, 0.25) is 5.78 Å². The molecule has 0 fully saturated rings. The number of benzene rings is 2. The standard InChI is InChI=1S/C24H21NO6/c1-2-30-19-13-16(10-11-17(19)26)21-20(22(27)18-9-6-12-31-18)23(28)24(29)25(21)14-15-7-4-3-5-8-15/h3-13,21,26,28H,2,14H2,1H3/t21-/m0/s1. The van der Waals surface area contributed by atoms with Gasteiger partial charge in [0.25, 0.3) is 5.91 Å². The molecule has 4 rings (SSSR count). The maximum Gasteiger partial charge on any atom is 0.290 e. The summed E-state index contributed by atoms with van der Waals surface area (Å²) in [5.74, 6) is -1.67. The lowest BCUT2D eigenvalue weighted by Gasteiger charge is -2.27. The van der Waals surface area contributed by atoms with E-state index in [2.05, 4.69) is 0 Å². The van der Waals surface area contributed by atoms with Crippen molar-refractivity contribution >= 4 is 11.7 Å². The highest BCUT2D eigenvalue weighted by molar-refractivity contribution is 6.15. The summed E-state index contributed by atoms with van der Waals surface area (Å²) in [4.78, 5) is 27.6. The first kappa shape index (κ1) is 20.3. The first-order valence-corrected chi connectivity index (χ1v) is 9.83. The summed E-state index contributed by atoms with van der Waals surface area (Å²) in [6.45, 7) is 2.28. The zero-order valence-corrected chi connectivity index (χ0v) is 16.8. The number of nitrogens with zero attached hydrogens (tertiary/aromatic N) is 1. The van der Waals surface area contributed by atoms with E-state index in [4.69, 9.17) is 9.15 Å². The first-order chi connectivity index (χ1) is 15.0. The molecule has 0 radical (unpaired) electrons. The van der Waals surface area contributed by atoms with Crippen LogP contribution in [0.15, 0.2) is 82.7 Å². The number of carbonyl (C=O) groups is 2. The fraction of sp³-hybridized carbons (Fsp3) is 0.167. The number of ether oxygens (including phenoxy) is 1. The Bertz CT molecular complexity index is 1130. The molecule has 0 unspecified atom stereocenters. The molecule has 1 aliphatic rings. The SMILES string of the molecule is CCOc1cc([C@H]2C(C(=O)c3ccco3)=C(O)C(=O)N2Cc2ccccc2)ccc1O. The van der Waals surface area contributed by atoms with Gasteiger partial charge in [-0.25, -0.2) is 0 Å². The Kier molecular flexibility index (Phi) is 5.49. The molecule has 0 saturated carbocycles. The molecule has 0 aliphatic carbocycles. The second kappa shape index (κ2) is 8.39. The smallest absolute Gasteiger partial charge is 0.290 e. The van der Waals surface area contributed by atoms with Gasteiger partial charge in [0.05, 0.1) is 24.5 Å². The highest BCUT2D eigenvalue weighted by Crippen LogP contribution is 2.42. The van der Waals surface area contributed by atoms with Crippen molar-refractivity contribution in [3.63, 3.8) is 0 Å². The number of ketones is 1. The number of hydrogen-bond acceptors (Lipinski definition) is 6. The molecule has 158 valence electrons. The van der Waals surface area contributed by atoms with Gasteiger partial charge >= 0.3 is 0 Å². The number of aliphatic hydroxyl groups is 1. The molecule has 3 aromatic rings. The van der Waals surface area contributed by atoms with Crippen LogP contribution in [0.5, 0.6) is 11.5 Å². The third-order valence-electron chi connectivity index (χ3n) is 5.09. The number of rotatable bonds is 7. The number of aliphatic hydroxyl groups excluding tert-OH is 1. The van der Waals surface area contributed by atoms with Gasteiger partial charge < -0.3 is 24.3 Å². The highest BCUT2D eigenvalue weighted by atomic mass is 16.5. The normalized spacial score (nSPS) is 16.1. The number of furan rings is 1. The summed E-state index contributed by atoms with van der Waals surface area (Å²) in [6.07, 6.45) is 1.35. The van der Waals surface area contributed by atoms with Crippen molar-refractivity contribution in [1.82, 2.24) is 4.90 Å². The number of Topliss-reactive ketones (excluding diaryl/α,β-unsaturated/α-hetero) is 1. The molecule has 0 saturated heterocycles. The minimum Gasteiger partial charge on any atom is -0.504 e. The minimum atomic E-state index is -0.884. The van der Waals surface area contributed by atoms with E-state index in [0.717, 1.165) is 5.56 Å². The number of phenols is 1. The number of carbonyl (C=O) groups excluding carboxylic acids is 2. The number of aromatic hydroxyl groups is 1. The second-order valence-electron chi connectivity index (χ2n) is 7.05. The van der Waals surface area contributed by atoms with E-state index in [1.807, 2.05) is 30.3 Å². The predicted molar refractivity (Wildman–Crippen MR) is 112 cm³/mol.